The van der Waals surface area contributed by atoms with Crippen molar-refractivity contribution in [2.75, 3.05) is 12.4 Å². The average Bonchev–Trinajstić information content (AvgIpc) is 2.21. The van der Waals surface area contributed by atoms with Crippen LogP contribution in [0.2, 0.25) is 0 Å². The van der Waals surface area contributed by atoms with Gasteiger partial charge in [0, 0.05) is 18.2 Å². The molecule has 17 heavy (non-hydrogen) atoms. The summed E-state index contributed by atoms with van der Waals surface area (Å²) in [6.45, 7) is 1.34. The molecule has 0 aliphatic carbocycles. The van der Waals surface area contributed by atoms with Crippen LogP contribution in [0.3, 0.4) is 0 Å². The van der Waals surface area contributed by atoms with Crippen LogP contribution in [-0.2, 0) is 15.6 Å². The van der Waals surface area contributed by atoms with Crippen molar-refractivity contribution in [3.8, 4) is 0 Å². The van der Waals surface area contributed by atoms with Gasteiger partial charge in [0.15, 0.2) is 9.84 Å². The Morgan fingerprint density at radius 2 is 2.00 bits per heavy atom. The molecule has 0 bridgehead atoms. The number of rotatable bonds is 5. The Bertz CT molecular complexity index is 485. The molecule has 0 aliphatic heterocycles. The summed E-state index contributed by atoms with van der Waals surface area (Å²) in [4.78, 5) is 0. The van der Waals surface area contributed by atoms with Crippen molar-refractivity contribution in [3.05, 3.63) is 35.4 Å². The molecule has 0 radical (unpaired) electrons. The zero-order chi connectivity index (χ0) is 13.1. The van der Waals surface area contributed by atoms with Gasteiger partial charge >= 0.3 is 0 Å². The van der Waals surface area contributed by atoms with E-state index in [0.717, 1.165) is 12.1 Å². The molecule has 1 rings (SSSR count). The second kappa shape index (κ2) is 5.55. The minimum absolute atomic E-state index is 0.0588. The van der Waals surface area contributed by atoms with Crippen molar-refractivity contribution in [1.82, 2.24) is 0 Å². The third-order valence-electron chi connectivity index (χ3n) is 2.24. The third kappa shape index (κ3) is 4.40. The molecule has 0 heterocycles. The van der Waals surface area contributed by atoms with Crippen LogP contribution in [-0.4, -0.2) is 25.9 Å². The maximum atomic E-state index is 13.2. The molecule has 0 aromatic heterocycles. The molecule has 1 N–H and O–H groups in total. The van der Waals surface area contributed by atoms with Gasteiger partial charge < -0.3 is 5.11 Å². The van der Waals surface area contributed by atoms with Crippen LogP contribution in [0.5, 0.6) is 0 Å². The Balaban J connectivity index is 2.83. The van der Waals surface area contributed by atoms with Crippen LogP contribution < -0.4 is 0 Å². The molecule has 3 nitrogen and oxygen atoms in total. The van der Waals surface area contributed by atoms with Crippen molar-refractivity contribution < 1.29 is 22.3 Å². The van der Waals surface area contributed by atoms with E-state index in [1.807, 2.05) is 0 Å². The van der Waals surface area contributed by atoms with E-state index in [1.165, 1.54) is 0 Å². The highest BCUT2D eigenvalue weighted by atomic mass is 32.2. The zero-order valence-corrected chi connectivity index (χ0v) is 10.2. The summed E-state index contributed by atoms with van der Waals surface area (Å²) < 4.78 is 49.1. The van der Waals surface area contributed by atoms with E-state index in [1.54, 1.807) is 6.92 Å². The summed E-state index contributed by atoms with van der Waals surface area (Å²) in [5.41, 5.74) is -0.0588. The molecule has 1 aromatic carbocycles. The summed E-state index contributed by atoms with van der Waals surface area (Å²) in [5.74, 6) is -2.72. The van der Waals surface area contributed by atoms with E-state index in [2.05, 4.69) is 0 Å². The van der Waals surface area contributed by atoms with E-state index in [0.29, 0.717) is 6.07 Å². The minimum Gasteiger partial charge on any atom is -0.396 e. The Morgan fingerprint density at radius 3 is 2.53 bits per heavy atom. The molecule has 6 heteroatoms. The van der Waals surface area contributed by atoms with Gasteiger partial charge in [0.1, 0.15) is 11.6 Å². The molecule has 1 atom stereocenters. The molecule has 1 aromatic rings. The fourth-order valence-corrected chi connectivity index (χ4v) is 3.22. The molecular weight excluding hydrogens is 250 g/mol. The van der Waals surface area contributed by atoms with Gasteiger partial charge in [-0.1, -0.05) is 13.0 Å². The molecular formula is C11H14F2O3S. The van der Waals surface area contributed by atoms with Crippen molar-refractivity contribution in [2.45, 2.75) is 12.7 Å². The second-order valence-electron chi connectivity index (χ2n) is 4.08. The lowest BCUT2D eigenvalue weighted by atomic mass is 10.2. The fourth-order valence-electron chi connectivity index (χ4n) is 1.42. The van der Waals surface area contributed by atoms with E-state index in [-0.39, 0.29) is 17.9 Å². The normalized spacial score (nSPS) is 13.6. The summed E-state index contributed by atoms with van der Waals surface area (Å²) in [6.07, 6.45) is 0. The molecule has 1 unspecified atom stereocenters. The van der Waals surface area contributed by atoms with E-state index in [4.69, 9.17) is 5.11 Å². The van der Waals surface area contributed by atoms with E-state index >= 15 is 0 Å². The number of hydrogen-bond acceptors (Lipinski definition) is 3. The van der Waals surface area contributed by atoms with Gasteiger partial charge in [-0.2, -0.15) is 0 Å². The molecule has 0 fully saturated rings. The molecule has 0 amide bonds. The number of halogens is 2. The summed E-state index contributed by atoms with van der Waals surface area (Å²) in [6, 6.07) is 2.79. The van der Waals surface area contributed by atoms with Gasteiger partial charge in [-0.25, -0.2) is 17.2 Å². The zero-order valence-electron chi connectivity index (χ0n) is 9.36. The van der Waals surface area contributed by atoms with Gasteiger partial charge in [0.2, 0.25) is 0 Å². The third-order valence-corrected chi connectivity index (χ3v) is 4.07. The predicted octanol–water partition coefficient (Wildman–Crippen LogP) is 1.51. The smallest absolute Gasteiger partial charge is 0.154 e. The lowest BCUT2D eigenvalue weighted by Gasteiger charge is -2.09. The Labute approximate surface area is 99.0 Å². The predicted molar refractivity (Wildman–Crippen MR) is 60.1 cm³/mol. The minimum atomic E-state index is -3.50. The van der Waals surface area contributed by atoms with Crippen LogP contribution in [0.25, 0.3) is 0 Å². The monoisotopic (exact) mass is 264 g/mol. The van der Waals surface area contributed by atoms with Crippen LogP contribution in [0.1, 0.15) is 12.5 Å². The van der Waals surface area contributed by atoms with Crippen LogP contribution in [0, 0.1) is 17.6 Å². The van der Waals surface area contributed by atoms with Crippen molar-refractivity contribution in [3.63, 3.8) is 0 Å². The maximum Gasteiger partial charge on any atom is 0.154 e. The number of hydrogen-bond donors (Lipinski definition) is 1. The van der Waals surface area contributed by atoms with Crippen LogP contribution >= 0.6 is 0 Å². The SMILES string of the molecule is CC(CO)CS(=O)(=O)Cc1ccc(F)cc1F. The topological polar surface area (TPSA) is 54.4 Å². The lowest BCUT2D eigenvalue weighted by Crippen LogP contribution is -2.18. The highest BCUT2D eigenvalue weighted by molar-refractivity contribution is 7.90. The molecule has 0 saturated carbocycles. The Morgan fingerprint density at radius 1 is 1.35 bits per heavy atom. The molecule has 0 spiro atoms. The Hall–Kier alpha value is -1.01. The summed E-state index contributed by atoms with van der Waals surface area (Å²) in [5, 5.41) is 8.77. The first-order valence-corrected chi connectivity index (χ1v) is 6.91. The average molecular weight is 264 g/mol. The van der Waals surface area contributed by atoms with Gasteiger partial charge in [-0.3, -0.25) is 0 Å². The van der Waals surface area contributed by atoms with Crippen molar-refractivity contribution >= 4 is 9.84 Å². The van der Waals surface area contributed by atoms with Crippen molar-refractivity contribution in [2.24, 2.45) is 5.92 Å². The molecule has 0 aliphatic rings. The molecule has 96 valence electrons. The van der Waals surface area contributed by atoms with Crippen LogP contribution in [0.4, 0.5) is 8.78 Å². The first kappa shape index (κ1) is 14.1. The largest absolute Gasteiger partial charge is 0.396 e. The number of aliphatic hydroxyl groups is 1. The van der Waals surface area contributed by atoms with Gasteiger partial charge in [-0.15, -0.1) is 0 Å². The number of benzene rings is 1. The van der Waals surface area contributed by atoms with E-state index in [9.17, 15) is 17.2 Å². The summed E-state index contributed by atoms with van der Waals surface area (Å²) in [7, 11) is -3.50. The highest BCUT2D eigenvalue weighted by Gasteiger charge is 2.18. The fraction of sp³-hybridized carbons (Fsp3) is 0.455. The van der Waals surface area contributed by atoms with Crippen LogP contribution in [0.15, 0.2) is 18.2 Å². The first-order valence-electron chi connectivity index (χ1n) is 5.09. The molecule has 0 saturated heterocycles. The van der Waals surface area contributed by atoms with Gasteiger partial charge in [0.05, 0.1) is 11.5 Å². The maximum absolute atomic E-state index is 13.2. The first-order chi connectivity index (χ1) is 7.84. The lowest BCUT2D eigenvalue weighted by molar-refractivity contribution is 0.249. The number of aliphatic hydroxyl groups excluding tert-OH is 1. The quantitative estimate of drug-likeness (QED) is 0.877. The highest BCUT2D eigenvalue weighted by Crippen LogP contribution is 2.14. The van der Waals surface area contributed by atoms with Gasteiger partial charge in [0.25, 0.3) is 0 Å². The summed E-state index contributed by atoms with van der Waals surface area (Å²) >= 11 is 0. The Kier molecular flexibility index (Phi) is 4.59. The van der Waals surface area contributed by atoms with E-state index < -0.39 is 33.1 Å². The van der Waals surface area contributed by atoms with Gasteiger partial charge in [-0.05, 0) is 12.0 Å². The van der Waals surface area contributed by atoms with Crippen molar-refractivity contribution in [1.29, 1.82) is 0 Å². The number of sulfone groups is 1. The second-order valence-corrected chi connectivity index (χ2v) is 6.19. The standard InChI is InChI=1S/C11H14F2O3S/c1-8(5-14)6-17(15,16)7-9-2-3-10(12)4-11(9)13/h2-4,8,14H,5-7H2,1H3.